The third kappa shape index (κ3) is 3.51. The number of halogens is 1. The van der Waals surface area contributed by atoms with E-state index in [1.54, 1.807) is 30.5 Å². The summed E-state index contributed by atoms with van der Waals surface area (Å²) in [7, 11) is 0. The van der Waals surface area contributed by atoms with Gasteiger partial charge in [-0.25, -0.2) is 14.2 Å². The minimum absolute atomic E-state index is 0.208. The Bertz CT molecular complexity index is 973. The number of nitrogens with zero attached hydrogens (tertiary/aromatic N) is 3. The topological polar surface area (TPSA) is 103 Å². The van der Waals surface area contributed by atoms with Gasteiger partial charge < -0.3 is 5.32 Å². The highest BCUT2D eigenvalue weighted by atomic mass is 32.1. The zero-order chi connectivity index (χ0) is 18.8. The van der Waals surface area contributed by atoms with E-state index < -0.39 is 12.1 Å². The van der Waals surface area contributed by atoms with E-state index in [0.717, 1.165) is 11.3 Å². The van der Waals surface area contributed by atoms with Gasteiger partial charge in [0.05, 0.1) is 11.1 Å². The molecule has 1 aliphatic rings. The van der Waals surface area contributed by atoms with Crippen LogP contribution in [0.2, 0.25) is 0 Å². The lowest BCUT2D eigenvalue weighted by Gasteiger charge is -2.14. The first kappa shape index (κ1) is 17.2. The largest absolute Gasteiger partial charge is 0.326 e. The molecule has 1 aromatic carbocycles. The molecule has 0 bridgehead atoms. The fourth-order valence-corrected chi connectivity index (χ4v) is 3.70. The molecule has 0 aliphatic carbocycles. The molecule has 1 fully saturated rings. The van der Waals surface area contributed by atoms with Crippen molar-refractivity contribution in [2.45, 2.75) is 12.5 Å². The molecule has 3 amide bonds. The Kier molecular flexibility index (Phi) is 4.55. The van der Waals surface area contributed by atoms with E-state index in [-0.39, 0.29) is 11.7 Å². The van der Waals surface area contributed by atoms with E-state index in [4.69, 9.17) is 0 Å². The van der Waals surface area contributed by atoms with Crippen LogP contribution in [0.1, 0.15) is 6.42 Å². The molecule has 8 nitrogen and oxygen atoms in total. The quantitative estimate of drug-likeness (QED) is 0.641. The molecule has 1 saturated heterocycles. The summed E-state index contributed by atoms with van der Waals surface area (Å²) in [5.41, 5.74) is 0.421. The minimum atomic E-state index is -0.626. The zero-order valence-electron chi connectivity index (χ0n) is 14.0. The predicted octanol–water partition coefficient (Wildman–Crippen LogP) is 2.60. The maximum atomic E-state index is 13.8. The lowest BCUT2D eigenvalue weighted by Crippen LogP contribution is -2.43. The first-order valence-corrected chi connectivity index (χ1v) is 9.02. The van der Waals surface area contributed by atoms with Crippen molar-refractivity contribution < 1.29 is 14.0 Å². The molecule has 1 aliphatic heterocycles. The number of benzene rings is 1. The summed E-state index contributed by atoms with van der Waals surface area (Å²) in [5, 5.41) is 12.1. The number of hydrogen-bond acceptors (Lipinski definition) is 5. The van der Waals surface area contributed by atoms with Crippen LogP contribution in [0.3, 0.4) is 0 Å². The lowest BCUT2D eigenvalue weighted by atomic mass is 10.2. The van der Waals surface area contributed by atoms with E-state index in [2.05, 4.69) is 25.8 Å². The van der Waals surface area contributed by atoms with Gasteiger partial charge in [-0.05, 0) is 12.5 Å². The fraction of sp³-hybridized carbons (Fsp3) is 0.176. The molecule has 3 N–H and O–H groups in total. The van der Waals surface area contributed by atoms with Gasteiger partial charge in [0.1, 0.15) is 17.7 Å². The number of anilines is 2. The second-order valence-electron chi connectivity index (χ2n) is 5.88. The van der Waals surface area contributed by atoms with Crippen LogP contribution in [0.4, 0.5) is 20.1 Å². The number of aromatic amines is 1. The molecule has 2 aromatic heterocycles. The number of urea groups is 1. The Hall–Kier alpha value is -3.27. The number of aromatic nitrogens is 3. The van der Waals surface area contributed by atoms with Gasteiger partial charge in [0, 0.05) is 24.4 Å². The Labute approximate surface area is 157 Å². The smallest absolute Gasteiger partial charge is 0.321 e. The Balaban J connectivity index is 1.38. The van der Waals surface area contributed by atoms with Crippen molar-refractivity contribution in [3.63, 3.8) is 0 Å². The average molecular weight is 386 g/mol. The number of H-pyrrole nitrogens is 1. The van der Waals surface area contributed by atoms with Crippen molar-refractivity contribution in [1.29, 1.82) is 0 Å². The monoisotopic (exact) mass is 386 g/mol. The first-order valence-electron chi connectivity index (χ1n) is 8.21. The molecule has 27 heavy (non-hydrogen) atoms. The molecule has 10 heteroatoms. The van der Waals surface area contributed by atoms with Crippen molar-refractivity contribution in [1.82, 2.24) is 20.5 Å². The van der Waals surface area contributed by atoms with Crippen molar-refractivity contribution in [3.8, 4) is 10.4 Å². The van der Waals surface area contributed by atoms with Gasteiger partial charge in [0.2, 0.25) is 0 Å². The van der Waals surface area contributed by atoms with Crippen molar-refractivity contribution >= 4 is 34.2 Å². The standard InChI is InChI=1S/C17H15FN6O2S/c18-11-4-2-1-3-10(11)13-9-19-17(27-13)22-16(26)21-12-6-8-24(15(12)25)14-5-7-20-23-14/h1-5,7,9,12H,6,8H2,(H,20,23)(H2,19,21,22,26). The summed E-state index contributed by atoms with van der Waals surface area (Å²) >= 11 is 1.15. The number of nitrogens with one attached hydrogen (secondary N) is 3. The first-order chi connectivity index (χ1) is 13.1. The molecular weight excluding hydrogens is 371 g/mol. The maximum absolute atomic E-state index is 13.8. The molecule has 3 aromatic rings. The van der Waals surface area contributed by atoms with Gasteiger partial charge in [-0.2, -0.15) is 5.10 Å². The molecule has 3 heterocycles. The van der Waals surface area contributed by atoms with E-state index in [1.807, 2.05) is 0 Å². The van der Waals surface area contributed by atoms with Crippen LogP contribution < -0.4 is 15.5 Å². The summed E-state index contributed by atoms with van der Waals surface area (Å²) in [6.07, 6.45) is 3.55. The van der Waals surface area contributed by atoms with Crippen LogP contribution in [0.15, 0.2) is 42.7 Å². The molecule has 138 valence electrons. The number of hydrogen-bond donors (Lipinski definition) is 3. The number of carbonyl (C=O) groups is 2. The molecule has 0 radical (unpaired) electrons. The van der Waals surface area contributed by atoms with Crippen molar-refractivity contribution in [2.75, 3.05) is 16.8 Å². The number of carbonyl (C=O) groups excluding carboxylic acids is 2. The highest BCUT2D eigenvalue weighted by Gasteiger charge is 2.34. The van der Waals surface area contributed by atoms with E-state index in [0.29, 0.717) is 34.4 Å². The van der Waals surface area contributed by atoms with Gasteiger partial charge in [0.25, 0.3) is 5.91 Å². The van der Waals surface area contributed by atoms with Crippen LogP contribution in [0, 0.1) is 5.82 Å². The second-order valence-corrected chi connectivity index (χ2v) is 6.91. The van der Waals surface area contributed by atoms with Crippen LogP contribution in [0.25, 0.3) is 10.4 Å². The predicted molar refractivity (Wildman–Crippen MR) is 99.0 cm³/mol. The molecular formula is C17H15FN6O2S. The van der Waals surface area contributed by atoms with Crippen LogP contribution in [-0.4, -0.2) is 39.7 Å². The number of thiazole rings is 1. The highest BCUT2D eigenvalue weighted by Crippen LogP contribution is 2.30. The van der Waals surface area contributed by atoms with Crippen LogP contribution >= 0.6 is 11.3 Å². The minimum Gasteiger partial charge on any atom is -0.326 e. The SMILES string of the molecule is O=C(Nc1ncc(-c2ccccc2F)s1)NC1CCN(c2ccn[nH]2)C1=O. The molecule has 0 saturated carbocycles. The summed E-state index contributed by atoms with van der Waals surface area (Å²) in [6.45, 7) is 0.487. The van der Waals surface area contributed by atoms with Crippen molar-refractivity contribution in [3.05, 3.63) is 48.5 Å². The number of rotatable bonds is 4. The Morgan fingerprint density at radius 1 is 1.33 bits per heavy atom. The highest BCUT2D eigenvalue weighted by molar-refractivity contribution is 7.19. The van der Waals surface area contributed by atoms with Crippen LogP contribution in [0.5, 0.6) is 0 Å². The average Bonchev–Trinajstić information content (AvgIpc) is 3.38. The summed E-state index contributed by atoms with van der Waals surface area (Å²) in [5.74, 6) is 0.0346. The van der Waals surface area contributed by atoms with Gasteiger partial charge >= 0.3 is 6.03 Å². The molecule has 1 atom stereocenters. The number of amides is 3. The van der Waals surface area contributed by atoms with Gasteiger partial charge in [-0.15, -0.1) is 0 Å². The lowest BCUT2D eigenvalue weighted by molar-refractivity contribution is -0.118. The zero-order valence-corrected chi connectivity index (χ0v) is 14.8. The van der Waals surface area contributed by atoms with Gasteiger partial charge in [-0.3, -0.25) is 20.1 Å². The van der Waals surface area contributed by atoms with Gasteiger partial charge in [-0.1, -0.05) is 29.5 Å². The Morgan fingerprint density at radius 2 is 2.19 bits per heavy atom. The third-order valence-corrected chi connectivity index (χ3v) is 5.10. The summed E-state index contributed by atoms with van der Waals surface area (Å²) in [4.78, 5) is 30.8. The molecule has 4 rings (SSSR count). The van der Waals surface area contributed by atoms with E-state index in [9.17, 15) is 14.0 Å². The Morgan fingerprint density at radius 3 is 2.96 bits per heavy atom. The molecule has 0 spiro atoms. The van der Waals surface area contributed by atoms with Gasteiger partial charge in [0.15, 0.2) is 5.13 Å². The second kappa shape index (κ2) is 7.16. The fourth-order valence-electron chi connectivity index (χ4n) is 2.86. The normalized spacial score (nSPS) is 16.6. The maximum Gasteiger partial charge on any atom is 0.321 e. The third-order valence-electron chi connectivity index (χ3n) is 4.15. The summed E-state index contributed by atoms with van der Waals surface area (Å²) in [6, 6.07) is 6.89. The summed E-state index contributed by atoms with van der Waals surface area (Å²) < 4.78 is 13.8. The van der Waals surface area contributed by atoms with Crippen LogP contribution in [-0.2, 0) is 4.79 Å². The van der Waals surface area contributed by atoms with E-state index in [1.165, 1.54) is 17.2 Å². The van der Waals surface area contributed by atoms with E-state index >= 15 is 0 Å². The molecule has 1 unspecified atom stereocenters. The van der Waals surface area contributed by atoms with Crippen molar-refractivity contribution in [2.24, 2.45) is 0 Å².